The van der Waals surface area contributed by atoms with Crippen LogP contribution in [0.2, 0.25) is 5.02 Å². The van der Waals surface area contributed by atoms with Crippen molar-refractivity contribution in [3.05, 3.63) is 51.5 Å². The molecular formula is C13H13BrClFN2O. The smallest absolute Gasteiger partial charge is 0.316 e. The minimum Gasteiger partial charge on any atom is -0.458 e. The zero-order valence-electron chi connectivity index (χ0n) is 10.5. The van der Waals surface area contributed by atoms with Gasteiger partial charge in [0, 0.05) is 18.0 Å². The van der Waals surface area contributed by atoms with Gasteiger partial charge in [-0.1, -0.05) is 31.5 Å². The molecule has 2 aromatic rings. The lowest BCUT2D eigenvalue weighted by Gasteiger charge is -2.06. The molecule has 0 aliphatic rings. The van der Waals surface area contributed by atoms with Crippen LogP contribution in [0.4, 0.5) is 4.39 Å². The van der Waals surface area contributed by atoms with E-state index < -0.39 is 5.82 Å². The van der Waals surface area contributed by atoms with Crippen molar-refractivity contribution in [3.8, 4) is 6.01 Å². The summed E-state index contributed by atoms with van der Waals surface area (Å²) < 4.78 is 19.4. The van der Waals surface area contributed by atoms with Gasteiger partial charge in [-0.25, -0.2) is 14.4 Å². The first kappa shape index (κ1) is 15.9. The molecule has 0 aliphatic heterocycles. The van der Waals surface area contributed by atoms with Crippen LogP contribution in [0.3, 0.4) is 0 Å². The van der Waals surface area contributed by atoms with E-state index in [2.05, 4.69) is 25.9 Å². The Labute approximate surface area is 124 Å². The Morgan fingerprint density at radius 1 is 1.26 bits per heavy atom. The third kappa shape index (κ3) is 4.76. The standard InChI is InChI=1S/C11H7BrClFN2O.C2H6/c12-7-4-15-11(16-5-7)17-6-8-9(13)2-1-3-10(8)14;1-2/h1-5H,6H2;1-2H3. The van der Waals surface area contributed by atoms with Crippen molar-refractivity contribution in [2.24, 2.45) is 0 Å². The highest BCUT2D eigenvalue weighted by atomic mass is 79.9. The van der Waals surface area contributed by atoms with E-state index in [0.717, 1.165) is 4.47 Å². The van der Waals surface area contributed by atoms with Crippen LogP contribution in [0.5, 0.6) is 6.01 Å². The van der Waals surface area contributed by atoms with Crippen LogP contribution in [0.15, 0.2) is 35.1 Å². The summed E-state index contributed by atoms with van der Waals surface area (Å²) in [4.78, 5) is 7.81. The van der Waals surface area contributed by atoms with Crippen molar-refractivity contribution in [1.82, 2.24) is 9.97 Å². The minimum absolute atomic E-state index is 0.00681. The van der Waals surface area contributed by atoms with Gasteiger partial charge in [0.15, 0.2) is 0 Å². The molecule has 1 heterocycles. The van der Waals surface area contributed by atoms with Gasteiger partial charge in [-0.05, 0) is 28.1 Å². The lowest BCUT2D eigenvalue weighted by Crippen LogP contribution is -2.02. The van der Waals surface area contributed by atoms with Gasteiger partial charge in [-0.15, -0.1) is 0 Å². The molecule has 0 aliphatic carbocycles. The first-order valence-electron chi connectivity index (χ1n) is 5.70. The molecule has 0 spiro atoms. The lowest BCUT2D eigenvalue weighted by atomic mass is 10.2. The number of rotatable bonds is 3. The number of benzene rings is 1. The van der Waals surface area contributed by atoms with E-state index in [1.807, 2.05) is 13.8 Å². The summed E-state index contributed by atoms with van der Waals surface area (Å²) in [6.45, 7) is 3.99. The monoisotopic (exact) mass is 346 g/mol. The predicted molar refractivity (Wildman–Crippen MR) is 76.8 cm³/mol. The topological polar surface area (TPSA) is 35.0 Å². The summed E-state index contributed by atoms with van der Waals surface area (Å²) in [5, 5.41) is 0.321. The highest BCUT2D eigenvalue weighted by Gasteiger charge is 2.08. The molecule has 0 radical (unpaired) electrons. The molecule has 3 nitrogen and oxygen atoms in total. The first-order chi connectivity index (χ1) is 9.16. The van der Waals surface area contributed by atoms with Gasteiger partial charge in [0.2, 0.25) is 0 Å². The Hall–Kier alpha value is -1.20. The molecule has 0 atom stereocenters. The molecule has 0 saturated carbocycles. The van der Waals surface area contributed by atoms with E-state index in [-0.39, 0.29) is 12.6 Å². The number of halogens is 3. The second kappa shape index (κ2) is 8.07. The van der Waals surface area contributed by atoms with Gasteiger partial charge < -0.3 is 4.74 Å². The van der Waals surface area contributed by atoms with E-state index in [4.69, 9.17) is 16.3 Å². The summed E-state index contributed by atoms with van der Waals surface area (Å²) in [7, 11) is 0. The van der Waals surface area contributed by atoms with E-state index in [9.17, 15) is 4.39 Å². The number of nitrogens with zero attached hydrogens (tertiary/aromatic N) is 2. The molecule has 1 aromatic heterocycles. The largest absolute Gasteiger partial charge is 0.458 e. The SMILES string of the molecule is CC.Fc1cccc(Cl)c1COc1ncc(Br)cn1. The maximum Gasteiger partial charge on any atom is 0.316 e. The zero-order chi connectivity index (χ0) is 14.3. The van der Waals surface area contributed by atoms with Crippen LogP contribution in [-0.4, -0.2) is 9.97 Å². The van der Waals surface area contributed by atoms with Gasteiger partial charge >= 0.3 is 6.01 Å². The fourth-order valence-corrected chi connectivity index (χ4v) is 1.60. The Balaban J connectivity index is 0.000000861. The normalized spacial score (nSPS) is 9.53. The van der Waals surface area contributed by atoms with Gasteiger partial charge in [0.1, 0.15) is 12.4 Å². The van der Waals surface area contributed by atoms with Crippen LogP contribution in [0.25, 0.3) is 0 Å². The number of hydrogen-bond acceptors (Lipinski definition) is 3. The summed E-state index contributed by atoms with van der Waals surface area (Å²) in [6, 6.07) is 4.64. The van der Waals surface area contributed by atoms with Crippen molar-refractivity contribution < 1.29 is 9.13 Å². The fraction of sp³-hybridized carbons (Fsp3) is 0.231. The highest BCUT2D eigenvalue weighted by Crippen LogP contribution is 2.20. The van der Waals surface area contributed by atoms with E-state index in [1.54, 1.807) is 18.5 Å². The Morgan fingerprint density at radius 3 is 2.47 bits per heavy atom. The first-order valence-corrected chi connectivity index (χ1v) is 6.87. The third-order valence-electron chi connectivity index (χ3n) is 2.00. The van der Waals surface area contributed by atoms with Gasteiger partial charge in [0.05, 0.1) is 9.50 Å². The molecule has 0 amide bonds. The summed E-state index contributed by atoms with van der Waals surface area (Å²) in [5.74, 6) is -0.408. The average Bonchev–Trinajstić information content (AvgIpc) is 2.42. The number of aromatic nitrogens is 2. The molecule has 0 saturated heterocycles. The van der Waals surface area contributed by atoms with Gasteiger partial charge in [-0.3, -0.25) is 0 Å². The molecule has 1 aromatic carbocycles. The Morgan fingerprint density at radius 2 is 1.89 bits per heavy atom. The number of ether oxygens (including phenoxy) is 1. The second-order valence-corrected chi connectivity index (χ2v) is 4.50. The van der Waals surface area contributed by atoms with Crippen molar-refractivity contribution in [2.75, 3.05) is 0 Å². The molecule has 102 valence electrons. The fourth-order valence-electron chi connectivity index (χ4n) is 1.18. The van der Waals surface area contributed by atoms with Crippen LogP contribution >= 0.6 is 27.5 Å². The van der Waals surface area contributed by atoms with E-state index in [0.29, 0.717) is 10.6 Å². The zero-order valence-corrected chi connectivity index (χ0v) is 12.9. The second-order valence-electron chi connectivity index (χ2n) is 3.17. The van der Waals surface area contributed by atoms with Crippen molar-refractivity contribution in [1.29, 1.82) is 0 Å². The number of hydrogen-bond donors (Lipinski definition) is 0. The highest BCUT2D eigenvalue weighted by molar-refractivity contribution is 9.10. The van der Waals surface area contributed by atoms with Crippen LogP contribution < -0.4 is 4.74 Å². The van der Waals surface area contributed by atoms with Gasteiger partial charge in [-0.2, -0.15) is 0 Å². The summed E-state index contributed by atoms with van der Waals surface area (Å²) in [5.41, 5.74) is 0.292. The maximum atomic E-state index is 13.4. The van der Waals surface area contributed by atoms with Crippen molar-refractivity contribution >= 4 is 27.5 Å². The summed E-state index contributed by atoms with van der Waals surface area (Å²) in [6.07, 6.45) is 3.09. The van der Waals surface area contributed by atoms with Crippen LogP contribution in [-0.2, 0) is 6.61 Å². The van der Waals surface area contributed by atoms with Gasteiger partial charge in [0.25, 0.3) is 0 Å². The summed E-state index contributed by atoms with van der Waals surface area (Å²) >= 11 is 9.06. The Bertz CT molecular complexity index is 502. The van der Waals surface area contributed by atoms with E-state index in [1.165, 1.54) is 12.1 Å². The minimum atomic E-state index is -0.408. The van der Waals surface area contributed by atoms with Crippen LogP contribution in [0.1, 0.15) is 19.4 Å². The van der Waals surface area contributed by atoms with Crippen LogP contribution in [0, 0.1) is 5.82 Å². The predicted octanol–water partition coefficient (Wildman–Crippen LogP) is 4.64. The lowest BCUT2D eigenvalue weighted by molar-refractivity contribution is 0.275. The molecule has 0 fully saturated rings. The molecule has 6 heteroatoms. The van der Waals surface area contributed by atoms with E-state index >= 15 is 0 Å². The average molecular weight is 348 g/mol. The maximum absolute atomic E-state index is 13.4. The third-order valence-corrected chi connectivity index (χ3v) is 2.77. The molecule has 0 N–H and O–H groups in total. The molecule has 0 unspecified atom stereocenters. The quantitative estimate of drug-likeness (QED) is 0.811. The van der Waals surface area contributed by atoms with Crippen molar-refractivity contribution in [3.63, 3.8) is 0 Å². The Kier molecular flexibility index (Phi) is 6.73. The molecule has 19 heavy (non-hydrogen) atoms. The molecule has 0 bridgehead atoms. The van der Waals surface area contributed by atoms with Crippen molar-refractivity contribution in [2.45, 2.75) is 20.5 Å². The molecule has 2 rings (SSSR count). The molecular weight excluding hydrogens is 335 g/mol.